The smallest absolute Gasteiger partial charge is 0.260 e. The molecule has 1 aliphatic carbocycles. The van der Waals surface area contributed by atoms with Crippen molar-refractivity contribution in [3.05, 3.63) is 0 Å². The Morgan fingerprint density at radius 3 is 2.69 bits per heavy atom. The molecule has 1 fully saturated rings. The van der Waals surface area contributed by atoms with Crippen molar-refractivity contribution in [2.24, 2.45) is 16.3 Å². The van der Waals surface area contributed by atoms with Crippen molar-refractivity contribution >= 4 is 12.0 Å². The van der Waals surface area contributed by atoms with Crippen LogP contribution < -0.4 is 0 Å². The lowest BCUT2D eigenvalue weighted by atomic mass is 9.68. The molecule has 1 unspecified atom stereocenters. The van der Waals surface area contributed by atoms with E-state index in [1.807, 2.05) is 0 Å². The highest BCUT2D eigenvalue weighted by molar-refractivity contribution is 5.84. The van der Waals surface area contributed by atoms with Crippen LogP contribution in [0.25, 0.3) is 0 Å². The van der Waals surface area contributed by atoms with Crippen LogP contribution in [-0.4, -0.2) is 12.0 Å². The molecule has 0 aromatic heterocycles. The van der Waals surface area contributed by atoms with Gasteiger partial charge in [0.1, 0.15) is 0 Å². The Kier molecular flexibility index (Phi) is 2.99. The molecule has 13 heavy (non-hydrogen) atoms. The second kappa shape index (κ2) is 3.84. The Bertz CT molecular complexity index is 252. The molecule has 1 saturated carbocycles. The Labute approximate surface area is 78.2 Å². The summed E-state index contributed by atoms with van der Waals surface area (Å²) >= 11 is 0. The van der Waals surface area contributed by atoms with E-state index >= 15 is 0 Å². The summed E-state index contributed by atoms with van der Waals surface area (Å²) < 4.78 is 0. The first-order chi connectivity index (χ1) is 6.08. The number of aliphatic imine (C=N–C) groups is 1. The van der Waals surface area contributed by atoms with Crippen molar-refractivity contribution in [3.8, 4) is 0 Å². The summed E-state index contributed by atoms with van der Waals surface area (Å²) in [6.07, 6.45) is 5.46. The summed E-state index contributed by atoms with van der Waals surface area (Å²) in [6.45, 7) is 4.13. The van der Waals surface area contributed by atoms with Gasteiger partial charge < -0.3 is 0 Å². The van der Waals surface area contributed by atoms with Crippen LogP contribution in [0.3, 0.4) is 0 Å². The van der Waals surface area contributed by atoms with E-state index in [0.29, 0.717) is 0 Å². The average Bonchev–Trinajstić information content (AvgIpc) is 2.03. The van der Waals surface area contributed by atoms with Gasteiger partial charge in [0.25, 0.3) is 5.91 Å². The van der Waals surface area contributed by atoms with Gasteiger partial charge in [-0.2, -0.15) is 0 Å². The van der Waals surface area contributed by atoms with Crippen LogP contribution in [0.2, 0.25) is 0 Å². The third kappa shape index (κ3) is 2.25. The molecule has 1 aliphatic rings. The second-order valence-corrected chi connectivity index (χ2v) is 4.33. The number of amides is 1. The van der Waals surface area contributed by atoms with E-state index < -0.39 is 0 Å². The Morgan fingerprint density at radius 2 is 2.15 bits per heavy atom. The summed E-state index contributed by atoms with van der Waals surface area (Å²) in [4.78, 5) is 24.5. The molecule has 3 heteroatoms. The van der Waals surface area contributed by atoms with Gasteiger partial charge in [0, 0.05) is 5.92 Å². The summed E-state index contributed by atoms with van der Waals surface area (Å²) in [6, 6.07) is 0. The lowest BCUT2D eigenvalue weighted by Crippen LogP contribution is -2.33. The van der Waals surface area contributed by atoms with Crippen LogP contribution in [0.5, 0.6) is 0 Å². The molecule has 0 spiro atoms. The van der Waals surface area contributed by atoms with E-state index in [1.54, 1.807) is 0 Å². The zero-order chi connectivity index (χ0) is 9.90. The van der Waals surface area contributed by atoms with Crippen molar-refractivity contribution in [2.45, 2.75) is 39.5 Å². The third-order valence-corrected chi connectivity index (χ3v) is 2.96. The van der Waals surface area contributed by atoms with Crippen molar-refractivity contribution in [2.75, 3.05) is 0 Å². The van der Waals surface area contributed by atoms with Gasteiger partial charge in [-0.15, -0.1) is 4.99 Å². The van der Waals surface area contributed by atoms with Crippen molar-refractivity contribution < 1.29 is 9.59 Å². The molecule has 1 rings (SSSR count). The predicted octanol–water partition coefficient (Wildman–Crippen LogP) is 2.07. The molecular formula is C10H15NO2. The lowest BCUT2D eigenvalue weighted by Gasteiger charge is -2.36. The van der Waals surface area contributed by atoms with E-state index in [0.717, 1.165) is 19.3 Å². The van der Waals surface area contributed by atoms with Gasteiger partial charge in [0.05, 0.1) is 0 Å². The highest BCUT2D eigenvalue weighted by Crippen LogP contribution is 2.40. The second-order valence-electron chi connectivity index (χ2n) is 4.33. The summed E-state index contributed by atoms with van der Waals surface area (Å²) in [5, 5.41) is 0. The summed E-state index contributed by atoms with van der Waals surface area (Å²) in [7, 11) is 0. The highest BCUT2D eigenvalue weighted by Gasteiger charge is 2.36. The number of carbonyl (C=O) groups is 1. The van der Waals surface area contributed by atoms with E-state index in [9.17, 15) is 9.59 Å². The van der Waals surface area contributed by atoms with E-state index in [4.69, 9.17) is 0 Å². The quantitative estimate of drug-likeness (QED) is 0.459. The first kappa shape index (κ1) is 10.1. The molecule has 0 N–H and O–H groups in total. The fraction of sp³-hybridized carbons (Fsp3) is 0.800. The van der Waals surface area contributed by atoms with E-state index in [2.05, 4.69) is 18.8 Å². The van der Waals surface area contributed by atoms with Gasteiger partial charge in [-0.25, -0.2) is 4.79 Å². The maximum absolute atomic E-state index is 11.4. The van der Waals surface area contributed by atoms with Crippen molar-refractivity contribution in [3.63, 3.8) is 0 Å². The molecule has 1 amide bonds. The average molecular weight is 181 g/mol. The topological polar surface area (TPSA) is 46.5 Å². The number of hydrogen-bond acceptors (Lipinski definition) is 2. The van der Waals surface area contributed by atoms with Gasteiger partial charge in [-0.3, -0.25) is 4.79 Å². The molecular weight excluding hydrogens is 166 g/mol. The summed E-state index contributed by atoms with van der Waals surface area (Å²) in [5.41, 5.74) is -0.00428. The molecule has 0 aliphatic heterocycles. The highest BCUT2D eigenvalue weighted by atomic mass is 16.2. The first-order valence-electron chi connectivity index (χ1n) is 4.69. The third-order valence-electron chi connectivity index (χ3n) is 2.96. The predicted molar refractivity (Wildman–Crippen MR) is 48.9 cm³/mol. The minimum absolute atomic E-state index is 0.00428. The molecule has 0 bridgehead atoms. The SMILES string of the molecule is CC1(C)CCCCC1C(=O)N=C=O. The number of nitrogens with zero attached hydrogens (tertiary/aromatic N) is 1. The number of isocyanates is 1. The Hall–Kier alpha value is -0.950. The zero-order valence-corrected chi connectivity index (χ0v) is 8.17. The van der Waals surface area contributed by atoms with Crippen molar-refractivity contribution in [1.82, 2.24) is 0 Å². The molecule has 0 radical (unpaired) electrons. The Morgan fingerprint density at radius 1 is 1.46 bits per heavy atom. The maximum atomic E-state index is 11.4. The van der Waals surface area contributed by atoms with Gasteiger partial charge in [0.2, 0.25) is 6.08 Å². The summed E-state index contributed by atoms with van der Waals surface area (Å²) in [5.74, 6) is -0.373. The standard InChI is InChI=1S/C10H15NO2/c1-10(2)6-4-3-5-8(10)9(13)11-7-12/h8H,3-6H2,1-2H3. The fourth-order valence-electron chi connectivity index (χ4n) is 2.07. The van der Waals surface area contributed by atoms with Crippen LogP contribution in [0.4, 0.5) is 0 Å². The molecule has 0 heterocycles. The zero-order valence-electron chi connectivity index (χ0n) is 8.17. The molecule has 1 atom stereocenters. The van der Waals surface area contributed by atoms with Gasteiger partial charge in [0.15, 0.2) is 0 Å². The first-order valence-corrected chi connectivity index (χ1v) is 4.69. The minimum atomic E-state index is -0.292. The monoisotopic (exact) mass is 181 g/mol. The molecule has 0 aromatic rings. The lowest BCUT2D eigenvalue weighted by molar-refractivity contribution is -0.126. The van der Waals surface area contributed by atoms with E-state index in [1.165, 1.54) is 12.5 Å². The van der Waals surface area contributed by atoms with Crippen molar-refractivity contribution in [1.29, 1.82) is 0 Å². The van der Waals surface area contributed by atoms with Crippen LogP contribution in [-0.2, 0) is 9.59 Å². The van der Waals surface area contributed by atoms with Gasteiger partial charge >= 0.3 is 0 Å². The molecule has 72 valence electrons. The molecule has 0 aromatic carbocycles. The Balaban J connectivity index is 2.76. The number of hydrogen-bond donors (Lipinski definition) is 0. The van der Waals surface area contributed by atoms with Crippen LogP contribution in [0, 0.1) is 11.3 Å². The van der Waals surface area contributed by atoms with Crippen LogP contribution in [0.15, 0.2) is 4.99 Å². The minimum Gasteiger partial charge on any atom is -0.271 e. The molecule has 0 saturated heterocycles. The fourth-order valence-corrected chi connectivity index (χ4v) is 2.07. The van der Waals surface area contributed by atoms with Gasteiger partial charge in [-0.05, 0) is 18.3 Å². The maximum Gasteiger partial charge on any atom is 0.260 e. The number of rotatable bonds is 1. The number of carbonyl (C=O) groups excluding carboxylic acids is 2. The van der Waals surface area contributed by atoms with Gasteiger partial charge in [-0.1, -0.05) is 26.7 Å². The normalized spacial score (nSPS) is 26.2. The molecule has 3 nitrogen and oxygen atoms in total. The van der Waals surface area contributed by atoms with E-state index in [-0.39, 0.29) is 17.2 Å². The van der Waals surface area contributed by atoms with Crippen LogP contribution in [0.1, 0.15) is 39.5 Å². The largest absolute Gasteiger partial charge is 0.271 e. The van der Waals surface area contributed by atoms with Crippen LogP contribution >= 0.6 is 0 Å².